The number of hydrogen-bond acceptors (Lipinski definition) is 2. The van der Waals surface area contributed by atoms with E-state index >= 15 is 0 Å². The van der Waals surface area contributed by atoms with Crippen molar-refractivity contribution in [2.24, 2.45) is 5.41 Å². The number of carbonyl (C=O) groups is 2. The summed E-state index contributed by atoms with van der Waals surface area (Å²) in [4.78, 5) is 29.5. The highest BCUT2D eigenvalue weighted by Gasteiger charge is 2.32. The fourth-order valence-electron chi connectivity index (χ4n) is 3.91. The minimum atomic E-state index is -4.40. The summed E-state index contributed by atoms with van der Waals surface area (Å²) < 4.78 is 41.3. The second kappa shape index (κ2) is 13.2. The summed E-state index contributed by atoms with van der Waals surface area (Å²) in [7, 11) is 0. The van der Waals surface area contributed by atoms with Crippen molar-refractivity contribution in [1.29, 1.82) is 0 Å². The van der Waals surface area contributed by atoms with Gasteiger partial charge in [-0.1, -0.05) is 31.9 Å². The third kappa shape index (κ3) is 8.29. The van der Waals surface area contributed by atoms with Gasteiger partial charge in [0.15, 0.2) is 0 Å². The fraction of sp³-hybridized carbons (Fsp3) is 0.556. The van der Waals surface area contributed by atoms with E-state index in [1.807, 2.05) is 23.6 Å². The molecule has 0 radical (unpaired) electrons. The van der Waals surface area contributed by atoms with Gasteiger partial charge in [0, 0.05) is 37.4 Å². The number of rotatable bonds is 13. The first-order valence-electron chi connectivity index (χ1n) is 12.4. The molecule has 0 N–H and O–H groups in total. The highest BCUT2D eigenvalue weighted by Crippen LogP contribution is 2.30. The summed E-state index contributed by atoms with van der Waals surface area (Å²) in [5, 5.41) is 0. The van der Waals surface area contributed by atoms with Crippen LogP contribution >= 0.6 is 11.6 Å². The molecule has 0 unspecified atom stereocenters. The Morgan fingerprint density at radius 1 is 1.03 bits per heavy atom. The van der Waals surface area contributed by atoms with Gasteiger partial charge < -0.3 is 14.4 Å². The Labute approximate surface area is 217 Å². The molecule has 1 aromatic carbocycles. The average molecular weight is 528 g/mol. The van der Waals surface area contributed by atoms with Crippen LogP contribution in [0.2, 0.25) is 0 Å². The first kappa shape index (κ1) is 29.7. The number of hydrogen-bond donors (Lipinski definition) is 0. The quantitative estimate of drug-likeness (QED) is 0.230. The van der Waals surface area contributed by atoms with Crippen LogP contribution in [0.25, 0.3) is 0 Å². The Hall–Kier alpha value is -2.48. The van der Waals surface area contributed by atoms with Gasteiger partial charge in [0.1, 0.15) is 0 Å². The van der Waals surface area contributed by atoms with E-state index in [2.05, 4.69) is 6.92 Å². The van der Waals surface area contributed by atoms with Gasteiger partial charge in [-0.05, 0) is 57.0 Å². The van der Waals surface area contributed by atoms with Gasteiger partial charge >= 0.3 is 6.18 Å². The molecule has 1 heterocycles. The standard InChI is InChI=1S/C27H37ClF3N3O2/c1-5-7-8-14-34(24(35)19-32(6-2)25(36)26(3,4)20-28)18-23-13-10-15-33(23)17-21-11-9-12-22(16-21)27(29,30)31/h9-13,15-16H,5-8,14,17-20H2,1-4H3. The van der Waals surface area contributed by atoms with Gasteiger partial charge in [-0.2, -0.15) is 13.2 Å². The number of unbranched alkanes of at least 4 members (excludes halogenated alkanes) is 2. The van der Waals surface area contributed by atoms with E-state index in [0.29, 0.717) is 25.2 Å². The molecule has 2 aromatic rings. The van der Waals surface area contributed by atoms with Gasteiger partial charge in [-0.25, -0.2) is 0 Å². The Kier molecular flexibility index (Phi) is 10.9. The van der Waals surface area contributed by atoms with E-state index in [0.717, 1.165) is 37.1 Å². The lowest BCUT2D eigenvalue weighted by molar-refractivity contribution is -0.145. The molecule has 2 rings (SSSR count). The zero-order chi connectivity index (χ0) is 26.9. The first-order valence-corrected chi connectivity index (χ1v) is 12.9. The van der Waals surface area contributed by atoms with E-state index < -0.39 is 17.2 Å². The molecular weight excluding hydrogens is 491 g/mol. The molecule has 0 atom stereocenters. The van der Waals surface area contributed by atoms with E-state index in [4.69, 9.17) is 11.6 Å². The maximum Gasteiger partial charge on any atom is 0.416 e. The molecule has 9 heteroatoms. The van der Waals surface area contributed by atoms with Gasteiger partial charge in [0.2, 0.25) is 11.8 Å². The lowest BCUT2D eigenvalue weighted by atomic mass is 9.94. The van der Waals surface area contributed by atoms with Crippen LogP contribution < -0.4 is 0 Å². The van der Waals surface area contributed by atoms with Gasteiger partial charge in [0.25, 0.3) is 0 Å². The molecule has 1 aromatic heterocycles. The summed E-state index contributed by atoms with van der Waals surface area (Å²) in [5.74, 6) is -0.187. The lowest BCUT2D eigenvalue weighted by Gasteiger charge is -2.32. The van der Waals surface area contributed by atoms with Crippen LogP contribution in [-0.4, -0.2) is 51.7 Å². The topological polar surface area (TPSA) is 45.6 Å². The summed E-state index contributed by atoms with van der Waals surface area (Å²) in [6, 6.07) is 8.96. The Balaban J connectivity index is 2.21. The van der Waals surface area contributed by atoms with Crippen LogP contribution in [0.3, 0.4) is 0 Å². The summed E-state index contributed by atoms with van der Waals surface area (Å²) in [6.07, 6.45) is 0.180. The smallest absolute Gasteiger partial charge is 0.345 e. The Morgan fingerprint density at radius 2 is 1.75 bits per heavy atom. The van der Waals surface area contributed by atoms with Gasteiger partial charge in [-0.3, -0.25) is 9.59 Å². The zero-order valence-electron chi connectivity index (χ0n) is 21.6. The fourth-order valence-corrected chi connectivity index (χ4v) is 4.02. The second-order valence-corrected chi connectivity index (χ2v) is 9.95. The number of carbonyl (C=O) groups excluding carboxylic acids is 2. The van der Waals surface area contributed by atoms with Crippen LogP contribution in [0.15, 0.2) is 42.6 Å². The average Bonchev–Trinajstić information content (AvgIpc) is 3.27. The third-order valence-corrected chi connectivity index (χ3v) is 6.84. The van der Waals surface area contributed by atoms with Crippen molar-refractivity contribution in [3.8, 4) is 0 Å². The Bertz CT molecular complexity index is 1000. The molecule has 0 aliphatic rings. The Morgan fingerprint density at radius 3 is 2.36 bits per heavy atom. The maximum atomic E-state index is 13.3. The number of nitrogens with zero attached hydrogens (tertiary/aromatic N) is 3. The molecule has 0 saturated heterocycles. The van der Waals surface area contributed by atoms with Crippen LogP contribution in [0.1, 0.15) is 63.8 Å². The normalized spacial score (nSPS) is 12.0. The molecule has 36 heavy (non-hydrogen) atoms. The van der Waals surface area contributed by atoms with E-state index in [1.165, 1.54) is 11.0 Å². The number of halogens is 4. The number of likely N-dealkylation sites (N-methyl/N-ethyl adjacent to an activating group) is 1. The molecule has 5 nitrogen and oxygen atoms in total. The van der Waals surface area contributed by atoms with Crippen LogP contribution in [0, 0.1) is 5.41 Å². The van der Waals surface area contributed by atoms with Crippen molar-refractivity contribution in [2.45, 2.75) is 66.2 Å². The molecule has 200 valence electrons. The van der Waals surface area contributed by atoms with Crippen LogP contribution in [0.5, 0.6) is 0 Å². The predicted molar refractivity (Wildman–Crippen MR) is 137 cm³/mol. The third-order valence-electron chi connectivity index (χ3n) is 6.18. The van der Waals surface area contributed by atoms with Crippen molar-refractivity contribution in [3.05, 3.63) is 59.4 Å². The van der Waals surface area contributed by atoms with Crippen molar-refractivity contribution < 1.29 is 22.8 Å². The highest BCUT2D eigenvalue weighted by molar-refractivity contribution is 6.19. The van der Waals surface area contributed by atoms with Crippen LogP contribution in [0.4, 0.5) is 13.2 Å². The molecule has 0 saturated carbocycles. The largest absolute Gasteiger partial charge is 0.416 e. The number of benzene rings is 1. The summed E-state index contributed by atoms with van der Waals surface area (Å²) >= 11 is 5.98. The zero-order valence-corrected chi connectivity index (χ0v) is 22.3. The van der Waals surface area contributed by atoms with E-state index in [9.17, 15) is 22.8 Å². The lowest BCUT2D eigenvalue weighted by Crippen LogP contribution is -2.47. The van der Waals surface area contributed by atoms with Crippen molar-refractivity contribution >= 4 is 23.4 Å². The van der Waals surface area contributed by atoms with Crippen LogP contribution in [-0.2, 0) is 28.9 Å². The van der Waals surface area contributed by atoms with Gasteiger partial charge in [-0.15, -0.1) is 11.6 Å². The molecule has 0 spiro atoms. The first-order chi connectivity index (χ1) is 16.9. The molecule has 0 fully saturated rings. The van der Waals surface area contributed by atoms with E-state index in [1.54, 1.807) is 31.0 Å². The number of alkyl halides is 4. The molecule has 0 aliphatic carbocycles. The number of amides is 2. The monoisotopic (exact) mass is 527 g/mol. The molecule has 2 amide bonds. The maximum absolute atomic E-state index is 13.3. The molecular formula is C27H37ClF3N3O2. The molecule has 0 bridgehead atoms. The minimum Gasteiger partial charge on any atom is -0.345 e. The SMILES string of the molecule is CCCCCN(Cc1cccn1Cc1cccc(C(F)(F)F)c1)C(=O)CN(CC)C(=O)C(C)(C)CCl. The predicted octanol–water partition coefficient (Wildman–Crippen LogP) is 6.19. The number of aromatic nitrogens is 1. The van der Waals surface area contributed by atoms with Crippen molar-refractivity contribution in [1.82, 2.24) is 14.4 Å². The molecule has 0 aliphatic heterocycles. The van der Waals surface area contributed by atoms with E-state index in [-0.39, 0.29) is 30.8 Å². The second-order valence-electron chi connectivity index (χ2n) is 9.68. The highest BCUT2D eigenvalue weighted by atomic mass is 35.5. The van der Waals surface area contributed by atoms with Gasteiger partial charge in [0.05, 0.1) is 24.1 Å². The van der Waals surface area contributed by atoms with Crippen molar-refractivity contribution in [3.63, 3.8) is 0 Å². The summed E-state index contributed by atoms with van der Waals surface area (Å²) in [6.45, 7) is 8.87. The van der Waals surface area contributed by atoms with Crippen molar-refractivity contribution in [2.75, 3.05) is 25.5 Å². The summed E-state index contributed by atoms with van der Waals surface area (Å²) in [5.41, 5.74) is -0.121. The minimum absolute atomic E-state index is 0.0455.